The molecule has 0 aliphatic heterocycles. The first-order valence-corrected chi connectivity index (χ1v) is 7.51. The van der Waals surface area contributed by atoms with Gasteiger partial charge in [-0.2, -0.15) is 0 Å². The molecule has 0 heterocycles. The quantitative estimate of drug-likeness (QED) is 0.769. The maximum atomic E-state index is 11.0. The number of rotatable bonds is 4. The predicted octanol–water partition coefficient (Wildman–Crippen LogP) is 5.19. The third-order valence-corrected chi connectivity index (χ3v) is 4.02. The summed E-state index contributed by atoms with van der Waals surface area (Å²) in [5.41, 5.74) is 0.729. The highest BCUT2D eigenvalue weighted by atomic mass is 79.9. The second-order valence-electron chi connectivity index (χ2n) is 4.31. The lowest BCUT2D eigenvalue weighted by atomic mass is 10.0. The lowest BCUT2D eigenvalue weighted by molar-refractivity contribution is -0.138. The van der Waals surface area contributed by atoms with Crippen molar-refractivity contribution in [3.63, 3.8) is 0 Å². The van der Waals surface area contributed by atoms with E-state index in [9.17, 15) is 4.79 Å². The monoisotopic (exact) mass is 398 g/mol. The SMILES string of the molecule is CC(C(=O)O)c1ccc(Oc2ccc(Br)cc2)c(Br)c1. The maximum Gasteiger partial charge on any atom is 0.310 e. The highest BCUT2D eigenvalue weighted by Crippen LogP contribution is 2.32. The zero-order valence-electron chi connectivity index (χ0n) is 10.6. The van der Waals surface area contributed by atoms with Crippen molar-refractivity contribution in [2.24, 2.45) is 0 Å². The number of carbonyl (C=O) groups is 1. The third-order valence-electron chi connectivity index (χ3n) is 2.87. The Kier molecular flexibility index (Phi) is 4.83. The van der Waals surface area contributed by atoms with Crippen molar-refractivity contribution in [2.45, 2.75) is 12.8 Å². The van der Waals surface area contributed by atoms with Crippen molar-refractivity contribution in [3.05, 3.63) is 57.0 Å². The Hall–Kier alpha value is -1.33. The number of hydrogen-bond acceptors (Lipinski definition) is 2. The van der Waals surface area contributed by atoms with E-state index in [4.69, 9.17) is 9.84 Å². The first kappa shape index (κ1) is 15.1. The Morgan fingerprint density at radius 2 is 1.80 bits per heavy atom. The van der Waals surface area contributed by atoms with E-state index in [2.05, 4.69) is 31.9 Å². The molecular weight excluding hydrogens is 388 g/mol. The molecule has 0 saturated heterocycles. The normalized spacial score (nSPS) is 11.9. The number of ether oxygens (including phenoxy) is 1. The van der Waals surface area contributed by atoms with Crippen LogP contribution in [0.1, 0.15) is 18.4 Å². The molecule has 0 bridgehead atoms. The molecule has 0 aromatic heterocycles. The van der Waals surface area contributed by atoms with E-state index in [1.807, 2.05) is 24.3 Å². The summed E-state index contributed by atoms with van der Waals surface area (Å²) in [7, 11) is 0. The second kappa shape index (κ2) is 6.41. The van der Waals surface area contributed by atoms with Gasteiger partial charge in [-0.1, -0.05) is 22.0 Å². The first-order valence-electron chi connectivity index (χ1n) is 5.93. The molecule has 2 aromatic rings. The van der Waals surface area contributed by atoms with Crippen LogP contribution in [0.15, 0.2) is 51.4 Å². The molecule has 0 aliphatic rings. The standard InChI is InChI=1S/C15H12Br2O3/c1-9(15(18)19)10-2-7-14(13(17)8-10)20-12-5-3-11(16)4-6-12/h2-9H,1H3,(H,18,19). The predicted molar refractivity (Wildman–Crippen MR) is 84.4 cm³/mol. The molecule has 1 unspecified atom stereocenters. The molecule has 0 radical (unpaired) electrons. The fourth-order valence-electron chi connectivity index (χ4n) is 1.64. The fourth-order valence-corrected chi connectivity index (χ4v) is 2.38. The molecule has 0 saturated carbocycles. The molecule has 104 valence electrons. The van der Waals surface area contributed by atoms with Crippen molar-refractivity contribution < 1.29 is 14.6 Å². The minimum absolute atomic E-state index is 0.548. The van der Waals surface area contributed by atoms with E-state index < -0.39 is 11.9 Å². The van der Waals surface area contributed by atoms with E-state index >= 15 is 0 Å². The summed E-state index contributed by atoms with van der Waals surface area (Å²) >= 11 is 6.77. The summed E-state index contributed by atoms with van der Waals surface area (Å²) in [5, 5.41) is 9.01. The van der Waals surface area contributed by atoms with Crippen LogP contribution in [-0.2, 0) is 4.79 Å². The molecule has 0 aliphatic carbocycles. The summed E-state index contributed by atoms with van der Waals surface area (Å²) < 4.78 is 7.45. The van der Waals surface area contributed by atoms with Gasteiger partial charge >= 0.3 is 5.97 Å². The molecule has 0 amide bonds. The number of halogens is 2. The van der Waals surface area contributed by atoms with Gasteiger partial charge in [-0.15, -0.1) is 0 Å². The molecule has 3 nitrogen and oxygen atoms in total. The number of benzene rings is 2. The van der Waals surface area contributed by atoms with Gasteiger partial charge in [-0.25, -0.2) is 0 Å². The maximum absolute atomic E-state index is 11.0. The summed E-state index contributed by atoms with van der Waals surface area (Å²) in [6, 6.07) is 12.8. The van der Waals surface area contributed by atoms with Gasteiger partial charge < -0.3 is 9.84 Å². The van der Waals surface area contributed by atoms with Crippen molar-refractivity contribution in [3.8, 4) is 11.5 Å². The van der Waals surface area contributed by atoms with E-state index in [0.717, 1.165) is 14.5 Å². The van der Waals surface area contributed by atoms with Crippen molar-refractivity contribution in [2.75, 3.05) is 0 Å². The molecule has 20 heavy (non-hydrogen) atoms. The zero-order valence-corrected chi connectivity index (χ0v) is 13.8. The highest BCUT2D eigenvalue weighted by Gasteiger charge is 2.15. The van der Waals surface area contributed by atoms with Crippen LogP contribution >= 0.6 is 31.9 Å². The van der Waals surface area contributed by atoms with Gasteiger partial charge in [0.05, 0.1) is 10.4 Å². The topological polar surface area (TPSA) is 46.5 Å². The average molecular weight is 400 g/mol. The summed E-state index contributed by atoms with van der Waals surface area (Å²) in [5.74, 6) is -0.0342. The van der Waals surface area contributed by atoms with Crippen molar-refractivity contribution in [1.29, 1.82) is 0 Å². The third kappa shape index (κ3) is 3.61. The Morgan fingerprint density at radius 3 is 2.35 bits per heavy atom. The summed E-state index contributed by atoms with van der Waals surface area (Å²) in [6.45, 7) is 1.65. The number of aliphatic carboxylic acids is 1. The lowest BCUT2D eigenvalue weighted by Crippen LogP contribution is -2.07. The Bertz CT molecular complexity index is 624. The minimum Gasteiger partial charge on any atom is -0.481 e. The number of hydrogen-bond donors (Lipinski definition) is 1. The van der Waals surface area contributed by atoms with Gasteiger partial charge in [-0.05, 0) is 64.8 Å². The molecule has 5 heteroatoms. The summed E-state index contributed by atoms with van der Waals surface area (Å²) in [4.78, 5) is 11.0. The summed E-state index contributed by atoms with van der Waals surface area (Å²) in [6.07, 6.45) is 0. The highest BCUT2D eigenvalue weighted by molar-refractivity contribution is 9.10. The van der Waals surface area contributed by atoms with Gasteiger partial charge in [0.15, 0.2) is 0 Å². The van der Waals surface area contributed by atoms with Crippen LogP contribution in [0.5, 0.6) is 11.5 Å². The Labute approximate surface area is 133 Å². The van der Waals surface area contributed by atoms with Crippen LogP contribution in [0.4, 0.5) is 0 Å². The van der Waals surface area contributed by atoms with E-state index in [-0.39, 0.29) is 0 Å². The van der Waals surface area contributed by atoms with Crippen molar-refractivity contribution >= 4 is 37.8 Å². The molecule has 1 N–H and O–H groups in total. The number of carboxylic acids is 1. The number of carboxylic acid groups (broad SMARTS) is 1. The van der Waals surface area contributed by atoms with Crippen LogP contribution in [-0.4, -0.2) is 11.1 Å². The van der Waals surface area contributed by atoms with Crippen LogP contribution in [0, 0.1) is 0 Å². The van der Waals surface area contributed by atoms with E-state index in [0.29, 0.717) is 11.5 Å². The van der Waals surface area contributed by atoms with Gasteiger partial charge in [0.25, 0.3) is 0 Å². The largest absolute Gasteiger partial charge is 0.481 e. The van der Waals surface area contributed by atoms with Gasteiger partial charge in [0.2, 0.25) is 0 Å². The van der Waals surface area contributed by atoms with Crippen LogP contribution in [0.25, 0.3) is 0 Å². The van der Waals surface area contributed by atoms with Gasteiger partial charge in [0.1, 0.15) is 11.5 Å². The lowest BCUT2D eigenvalue weighted by Gasteiger charge is -2.11. The average Bonchev–Trinajstić information content (AvgIpc) is 2.42. The molecule has 2 rings (SSSR count). The smallest absolute Gasteiger partial charge is 0.310 e. The van der Waals surface area contributed by atoms with Gasteiger partial charge in [0, 0.05) is 4.47 Å². The van der Waals surface area contributed by atoms with E-state index in [1.54, 1.807) is 25.1 Å². The fraction of sp³-hybridized carbons (Fsp3) is 0.133. The van der Waals surface area contributed by atoms with Crippen LogP contribution in [0.3, 0.4) is 0 Å². The molecule has 1 atom stereocenters. The van der Waals surface area contributed by atoms with E-state index in [1.165, 1.54) is 0 Å². The first-order chi connectivity index (χ1) is 9.47. The van der Waals surface area contributed by atoms with Crippen molar-refractivity contribution in [1.82, 2.24) is 0 Å². The van der Waals surface area contributed by atoms with Crippen LogP contribution < -0.4 is 4.74 Å². The molecule has 0 spiro atoms. The molecular formula is C15H12Br2O3. The van der Waals surface area contributed by atoms with Crippen LogP contribution in [0.2, 0.25) is 0 Å². The zero-order chi connectivity index (χ0) is 14.7. The molecule has 2 aromatic carbocycles. The minimum atomic E-state index is -0.849. The van der Waals surface area contributed by atoms with Gasteiger partial charge in [-0.3, -0.25) is 4.79 Å². The Balaban J connectivity index is 2.21. The Morgan fingerprint density at radius 1 is 1.15 bits per heavy atom. The second-order valence-corrected chi connectivity index (χ2v) is 6.08. The molecule has 0 fully saturated rings.